The molecule has 1 aliphatic carbocycles. The molecule has 2 fully saturated rings. The highest BCUT2D eigenvalue weighted by Crippen LogP contribution is 2.44. The van der Waals surface area contributed by atoms with Gasteiger partial charge >= 0.3 is 6.03 Å². The molecule has 3 aliphatic rings. The highest BCUT2D eigenvalue weighted by molar-refractivity contribution is 6.08. The number of nitrogens with two attached hydrogens (primary N) is 1. The first-order valence-corrected chi connectivity index (χ1v) is 18.2. The van der Waals surface area contributed by atoms with Gasteiger partial charge in [-0.25, -0.2) is 9.78 Å². The fourth-order valence-electron chi connectivity index (χ4n) is 7.35. The van der Waals surface area contributed by atoms with Gasteiger partial charge in [0.25, 0.3) is 5.91 Å². The van der Waals surface area contributed by atoms with E-state index in [0.29, 0.717) is 36.2 Å². The molecule has 0 bridgehead atoms. The molecule has 13 heteroatoms. The maximum Gasteiger partial charge on any atom is 0.321 e. The smallest absolute Gasteiger partial charge is 0.321 e. The van der Waals surface area contributed by atoms with Crippen LogP contribution in [0.3, 0.4) is 0 Å². The Labute approximate surface area is 313 Å². The summed E-state index contributed by atoms with van der Waals surface area (Å²) in [6.07, 6.45) is 9.46. The summed E-state index contributed by atoms with van der Waals surface area (Å²) in [6.45, 7) is 0.860. The number of methoxy groups -OCH3 is 2. The van der Waals surface area contributed by atoms with Gasteiger partial charge in [-0.15, -0.1) is 0 Å². The number of urea groups is 1. The maximum absolute atomic E-state index is 14.6. The van der Waals surface area contributed by atoms with Crippen LogP contribution >= 0.6 is 0 Å². The fourth-order valence-corrected chi connectivity index (χ4v) is 7.35. The number of hydrogen-bond donors (Lipinski definition) is 2. The second-order valence-electron chi connectivity index (χ2n) is 14.0. The Morgan fingerprint density at radius 2 is 1.80 bits per heavy atom. The van der Waals surface area contributed by atoms with Crippen molar-refractivity contribution < 1.29 is 33.4 Å². The number of carbonyl (C=O) groups is 3. The molecule has 0 spiro atoms. The van der Waals surface area contributed by atoms with Gasteiger partial charge in [-0.1, -0.05) is 61.0 Å². The zero-order chi connectivity index (χ0) is 37.8. The Kier molecular flexibility index (Phi) is 10.5. The number of fused-ring (bicyclic) bond motifs is 3. The third-order valence-corrected chi connectivity index (χ3v) is 10.4. The number of allylic oxidation sites excluding steroid dienone is 1. The number of benzene rings is 3. The predicted molar refractivity (Wildman–Crippen MR) is 201 cm³/mol. The van der Waals surface area contributed by atoms with Crippen molar-refractivity contribution in [2.45, 2.75) is 62.8 Å². The summed E-state index contributed by atoms with van der Waals surface area (Å²) in [5.41, 5.74) is 6.61. The van der Waals surface area contributed by atoms with Crippen LogP contribution in [0.4, 0.5) is 4.79 Å². The molecule has 54 heavy (non-hydrogen) atoms. The van der Waals surface area contributed by atoms with Crippen LogP contribution in [-0.4, -0.2) is 88.9 Å². The summed E-state index contributed by atoms with van der Waals surface area (Å²) in [7, 11) is 3.04. The van der Waals surface area contributed by atoms with Gasteiger partial charge in [0.1, 0.15) is 34.7 Å². The topological polar surface area (TPSA) is 166 Å². The van der Waals surface area contributed by atoms with E-state index >= 15 is 0 Å². The number of nitrogens with zero attached hydrogens (tertiary/aromatic N) is 4. The van der Waals surface area contributed by atoms with E-state index in [4.69, 9.17) is 29.9 Å². The minimum atomic E-state index is -1.14. The van der Waals surface area contributed by atoms with Gasteiger partial charge in [-0.3, -0.25) is 14.4 Å². The van der Waals surface area contributed by atoms with Crippen molar-refractivity contribution in [3.63, 3.8) is 0 Å². The molecule has 13 nitrogen and oxygen atoms in total. The second kappa shape index (κ2) is 15.6. The first-order chi connectivity index (χ1) is 26.2. The number of hydrogen-bond acceptors (Lipinski definition) is 9. The summed E-state index contributed by atoms with van der Waals surface area (Å²) in [5.74, 6) is 0.0572. The molecule has 3 heterocycles. The number of carbonyl (C=O) groups excluding carboxylic acids is 4. The summed E-state index contributed by atoms with van der Waals surface area (Å²) in [6, 6.07) is 18.8. The molecule has 1 saturated heterocycles. The van der Waals surface area contributed by atoms with E-state index in [9.17, 15) is 19.2 Å². The van der Waals surface area contributed by atoms with Crippen LogP contribution in [0.1, 0.15) is 54.4 Å². The van der Waals surface area contributed by atoms with Gasteiger partial charge in [0.2, 0.25) is 18.1 Å². The van der Waals surface area contributed by atoms with Crippen LogP contribution in [0, 0.1) is 5.92 Å². The lowest BCUT2D eigenvalue weighted by Crippen LogP contribution is -2.53. The highest BCUT2D eigenvalue weighted by atomic mass is 16.5. The van der Waals surface area contributed by atoms with Gasteiger partial charge in [0.05, 0.1) is 31.7 Å². The molecule has 4 unspecified atom stereocenters. The van der Waals surface area contributed by atoms with Crippen molar-refractivity contribution >= 4 is 35.0 Å². The number of aromatic nitrogens is 2. The molecular weight excluding hydrogens is 688 g/mol. The Morgan fingerprint density at radius 1 is 1.00 bits per heavy atom. The largest absolute Gasteiger partial charge is 0.497 e. The van der Waals surface area contributed by atoms with E-state index in [2.05, 4.69) is 17.7 Å². The second-order valence-corrected chi connectivity index (χ2v) is 14.0. The van der Waals surface area contributed by atoms with E-state index in [1.165, 1.54) is 12.0 Å². The molecule has 1 radical (unpaired) electrons. The SMILES string of the molecule is COc1ccc(CN2CCCCC/C=C/C3CC3([C]=O)NC(=O)C3CC(Oc4nc(-c5ccccc5)nc5c(C(N)=O)c(OC)ccc45)CN3C2=O)cc1. The first-order valence-electron chi connectivity index (χ1n) is 18.2. The monoisotopic (exact) mass is 731 g/mol. The Bertz CT molecular complexity index is 2070. The van der Waals surface area contributed by atoms with Crippen molar-refractivity contribution in [3.8, 4) is 28.8 Å². The Hall–Kier alpha value is -5.98. The third-order valence-electron chi connectivity index (χ3n) is 10.4. The van der Waals surface area contributed by atoms with Crippen LogP contribution in [-0.2, 0) is 16.1 Å². The van der Waals surface area contributed by atoms with Gasteiger partial charge in [0, 0.05) is 31.0 Å². The number of ether oxygens (including phenoxy) is 3. The maximum atomic E-state index is 14.6. The molecular formula is C41H43N6O7. The molecule has 279 valence electrons. The van der Waals surface area contributed by atoms with Gasteiger partial charge < -0.3 is 35.1 Å². The van der Waals surface area contributed by atoms with E-state index in [1.54, 1.807) is 24.1 Å². The van der Waals surface area contributed by atoms with E-state index in [-0.39, 0.29) is 53.4 Å². The summed E-state index contributed by atoms with van der Waals surface area (Å²) in [5, 5.41) is 3.36. The molecule has 3 aromatic carbocycles. The highest BCUT2D eigenvalue weighted by Gasteiger charge is 2.56. The van der Waals surface area contributed by atoms with Gasteiger partial charge in [-0.2, -0.15) is 4.98 Å². The molecule has 7 rings (SSSR count). The standard InChI is InChI=1S/C41H43N6O7/c1-52-29-16-14-26(15-17-29)23-46-20-10-5-3-4-9-13-28-22-41(28,25-48)45-38(50)32-21-30(24-47(32)40(46)51)54-39-31-18-19-33(53-2)34(36(42)49)35(31)43-37(44-39)27-11-7-6-8-12-27/h6-9,11-19,28,30,32H,3-5,10,20-24H2,1-2H3,(H2,42,49)(H,45,50)/b13-9+. The van der Waals surface area contributed by atoms with Crippen molar-refractivity contribution in [3.05, 3.63) is 90.0 Å². The first kappa shape index (κ1) is 36.4. The van der Waals surface area contributed by atoms with Crippen LogP contribution in [0.2, 0.25) is 0 Å². The lowest BCUT2D eigenvalue weighted by atomic mass is 10.1. The predicted octanol–water partition coefficient (Wildman–Crippen LogP) is 4.97. The minimum absolute atomic E-state index is 0.0577. The third kappa shape index (κ3) is 7.43. The van der Waals surface area contributed by atoms with Gasteiger partial charge in [0.15, 0.2) is 5.82 Å². The van der Waals surface area contributed by atoms with Crippen molar-refractivity contribution in [1.29, 1.82) is 0 Å². The normalized spacial score (nSPS) is 23.6. The number of rotatable bonds is 9. The lowest BCUT2D eigenvalue weighted by Gasteiger charge is -2.32. The fraction of sp³-hybridized carbons (Fsp3) is 0.366. The number of amides is 4. The quantitative estimate of drug-likeness (QED) is 0.226. The summed E-state index contributed by atoms with van der Waals surface area (Å²) >= 11 is 0. The number of primary amides is 1. The average Bonchev–Trinajstić information content (AvgIpc) is 3.70. The zero-order valence-corrected chi connectivity index (χ0v) is 30.3. The minimum Gasteiger partial charge on any atom is -0.497 e. The summed E-state index contributed by atoms with van der Waals surface area (Å²) < 4.78 is 17.4. The molecule has 4 amide bonds. The lowest BCUT2D eigenvalue weighted by molar-refractivity contribution is -0.125. The van der Waals surface area contributed by atoms with Crippen molar-refractivity contribution in [2.24, 2.45) is 11.7 Å². The molecule has 3 N–H and O–H groups in total. The van der Waals surface area contributed by atoms with Crippen LogP contribution in [0.25, 0.3) is 22.3 Å². The van der Waals surface area contributed by atoms with E-state index in [1.807, 2.05) is 60.7 Å². The van der Waals surface area contributed by atoms with Crippen molar-refractivity contribution in [2.75, 3.05) is 27.3 Å². The van der Waals surface area contributed by atoms with Crippen molar-refractivity contribution in [1.82, 2.24) is 25.1 Å². The Morgan fingerprint density at radius 3 is 2.52 bits per heavy atom. The van der Waals surface area contributed by atoms with Crippen LogP contribution < -0.4 is 25.3 Å². The van der Waals surface area contributed by atoms with Gasteiger partial charge in [-0.05, 0) is 55.5 Å². The molecule has 2 aliphatic heterocycles. The molecule has 1 aromatic heterocycles. The zero-order valence-electron chi connectivity index (χ0n) is 30.3. The van der Waals surface area contributed by atoms with Crippen LogP contribution in [0.15, 0.2) is 78.9 Å². The van der Waals surface area contributed by atoms with E-state index < -0.39 is 29.5 Å². The summed E-state index contributed by atoms with van der Waals surface area (Å²) in [4.78, 5) is 66.6. The molecule has 4 atom stereocenters. The Balaban J connectivity index is 1.25. The average molecular weight is 732 g/mol. The molecule has 1 saturated carbocycles. The van der Waals surface area contributed by atoms with Crippen LogP contribution in [0.5, 0.6) is 17.4 Å². The molecule has 4 aromatic rings. The number of nitrogens with one attached hydrogen (secondary N) is 1. The van der Waals surface area contributed by atoms with E-state index in [0.717, 1.165) is 31.2 Å².